The summed E-state index contributed by atoms with van der Waals surface area (Å²) in [6, 6.07) is 7.18. The number of unbranched alkanes of at least 4 members (excludes halogenated alkanes) is 1. The second-order valence-corrected chi connectivity index (χ2v) is 13.9. The van der Waals surface area contributed by atoms with Crippen LogP contribution in [0.5, 0.6) is 0 Å². The van der Waals surface area contributed by atoms with Crippen LogP contribution in [0.25, 0.3) is 5.57 Å². The Balaban J connectivity index is 1.56. The molecule has 5 aliphatic rings. The highest BCUT2D eigenvalue weighted by Gasteiger charge is 2.65. The summed E-state index contributed by atoms with van der Waals surface area (Å²) in [5, 5.41) is 15.8. The van der Waals surface area contributed by atoms with Crippen molar-refractivity contribution in [3.8, 4) is 6.07 Å². The van der Waals surface area contributed by atoms with Gasteiger partial charge in [0.2, 0.25) is 17.7 Å². The van der Waals surface area contributed by atoms with Gasteiger partial charge in [-0.3, -0.25) is 24.6 Å². The minimum absolute atomic E-state index is 0.00434. The molecule has 6 unspecified atom stereocenters. The smallest absolute Gasteiger partial charge is 0.247 e. The van der Waals surface area contributed by atoms with E-state index in [-0.39, 0.29) is 42.0 Å². The van der Waals surface area contributed by atoms with Crippen LogP contribution < -0.4 is 10.6 Å². The normalized spacial score (nSPS) is 33.2. The fourth-order valence-corrected chi connectivity index (χ4v) is 9.51. The number of imide groups is 1. The molecule has 2 N–H and O–H groups in total. The van der Waals surface area contributed by atoms with Crippen molar-refractivity contribution in [3.63, 3.8) is 0 Å². The highest BCUT2D eigenvalue weighted by atomic mass is 16.2. The van der Waals surface area contributed by atoms with Gasteiger partial charge in [-0.15, -0.1) is 0 Å². The molecule has 7 nitrogen and oxygen atoms in total. The van der Waals surface area contributed by atoms with Crippen molar-refractivity contribution in [2.45, 2.75) is 90.6 Å². The molecule has 0 radical (unpaired) electrons. The van der Waals surface area contributed by atoms with E-state index in [0.29, 0.717) is 25.0 Å². The van der Waals surface area contributed by atoms with E-state index in [9.17, 15) is 19.6 Å². The van der Waals surface area contributed by atoms with Crippen LogP contribution in [-0.2, 0) is 14.4 Å². The van der Waals surface area contributed by atoms with E-state index in [1.54, 1.807) is 0 Å². The minimum atomic E-state index is -0.791. The molecular weight excluding hydrogens is 560 g/mol. The molecule has 0 aromatic heterocycles. The number of likely N-dealkylation sites (tertiary alicyclic amines) is 1. The number of nitrogens with zero attached hydrogens (tertiary/aromatic N) is 2. The number of fused-ring (bicyclic) bond motifs is 1. The number of amides is 3. The Labute approximate surface area is 267 Å². The van der Waals surface area contributed by atoms with Gasteiger partial charge < -0.3 is 5.32 Å². The third-order valence-corrected chi connectivity index (χ3v) is 11.3. The first-order chi connectivity index (χ1) is 21.6. The van der Waals surface area contributed by atoms with Crippen LogP contribution >= 0.6 is 0 Å². The van der Waals surface area contributed by atoms with Crippen LogP contribution in [0.3, 0.4) is 0 Å². The summed E-state index contributed by atoms with van der Waals surface area (Å²) in [5.41, 5.74) is 5.39. The number of benzene rings is 1. The molecule has 236 valence electrons. The highest BCUT2D eigenvalue weighted by Crippen LogP contribution is 2.60. The second-order valence-electron chi connectivity index (χ2n) is 13.9. The molecule has 6 rings (SSSR count). The molecule has 1 aromatic carbocycles. The summed E-state index contributed by atoms with van der Waals surface area (Å²) in [6.45, 7) is 9.85. The van der Waals surface area contributed by atoms with Crippen LogP contribution in [0.2, 0.25) is 0 Å². The van der Waals surface area contributed by atoms with Crippen molar-refractivity contribution in [1.82, 2.24) is 15.5 Å². The molecule has 3 aliphatic heterocycles. The zero-order valence-corrected chi connectivity index (χ0v) is 27.1. The maximum absolute atomic E-state index is 14.0. The zero-order valence-electron chi connectivity index (χ0n) is 27.1. The Bertz CT molecular complexity index is 1550. The maximum atomic E-state index is 14.0. The number of nitrogens with one attached hydrogen (secondary N) is 2. The van der Waals surface area contributed by atoms with Gasteiger partial charge in [-0.25, -0.2) is 0 Å². The predicted molar refractivity (Wildman–Crippen MR) is 176 cm³/mol. The summed E-state index contributed by atoms with van der Waals surface area (Å²) in [6.07, 6.45) is 19.1. The molecule has 2 aliphatic carbocycles. The maximum Gasteiger partial charge on any atom is 0.247 e. The van der Waals surface area contributed by atoms with Gasteiger partial charge in [0, 0.05) is 48.4 Å². The molecule has 0 bridgehead atoms. The molecule has 0 saturated carbocycles. The quantitative estimate of drug-likeness (QED) is 0.384. The van der Waals surface area contributed by atoms with E-state index in [4.69, 9.17) is 0 Å². The monoisotopic (exact) mass is 606 g/mol. The molecule has 1 aromatic rings. The van der Waals surface area contributed by atoms with Crippen LogP contribution in [0, 0.1) is 55.3 Å². The van der Waals surface area contributed by atoms with E-state index in [1.165, 1.54) is 27.8 Å². The summed E-state index contributed by atoms with van der Waals surface area (Å²) >= 11 is 0. The number of carbonyl (C=O) groups is 3. The fourth-order valence-electron chi connectivity index (χ4n) is 9.51. The summed E-state index contributed by atoms with van der Waals surface area (Å²) < 4.78 is 0. The standard InChI is InChI=1S/C38H46N4O3/c1-5-6-8-29-21-27(22-39)14-18-42(29)37(16-12-28(13-17-37)34-25(3)19-24(2)20-26(34)4)38(31-10-11-33(43)41-36(31)45)15-7-9-30-32(38)23-40-35(30)44/h7,9,12-13,15-16,19-20,27,29,31-32H,5-6,8,10-11,14,17-18,21,23H2,1-4H3,(H,40,44)(H,41,43,45). The van der Waals surface area contributed by atoms with Crippen LogP contribution in [0.4, 0.5) is 0 Å². The van der Waals surface area contributed by atoms with Gasteiger partial charge in [-0.2, -0.15) is 5.26 Å². The van der Waals surface area contributed by atoms with E-state index in [1.807, 2.05) is 12.2 Å². The summed E-state index contributed by atoms with van der Waals surface area (Å²) in [4.78, 5) is 42.4. The Hall–Kier alpha value is -3.76. The van der Waals surface area contributed by atoms with Crippen LogP contribution in [-0.4, -0.2) is 47.3 Å². The van der Waals surface area contributed by atoms with Crippen molar-refractivity contribution in [2.24, 2.45) is 23.2 Å². The lowest BCUT2D eigenvalue weighted by atomic mass is 9.49. The van der Waals surface area contributed by atoms with Crippen molar-refractivity contribution < 1.29 is 14.4 Å². The molecule has 3 amide bonds. The average molecular weight is 607 g/mol. The molecule has 0 spiro atoms. The fraction of sp³-hybridized carbons (Fsp3) is 0.526. The third-order valence-electron chi connectivity index (χ3n) is 11.3. The third kappa shape index (κ3) is 5.12. The topological polar surface area (TPSA) is 102 Å². The molecule has 7 heteroatoms. The van der Waals surface area contributed by atoms with Gasteiger partial charge in [-0.05, 0) is 75.1 Å². The number of allylic oxidation sites excluding steroid dienone is 4. The first-order valence-electron chi connectivity index (χ1n) is 16.8. The Morgan fingerprint density at radius 2 is 1.84 bits per heavy atom. The largest absolute Gasteiger partial charge is 0.352 e. The lowest BCUT2D eigenvalue weighted by molar-refractivity contribution is -0.147. The number of aryl methyl sites for hydroxylation is 3. The Morgan fingerprint density at radius 3 is 2.51 bits per heavy atom. The van der Waals surface area contributed by atoms with Gasteiger partial charge in [0.25, 0.3) is 0 Å². The second kappa shape index (κ2) is 12.2. The molecule has 3 fully saturated rings. The van der Waals surface area contributed by atoms with Crippen molar-refractivity contribution in [3.05, 3.63) is 76.4 Å². The van der Waals surface area contributed by atoms with Crippen LogP contribution in [0.15, 0.2) is 54.2 Å². The number of rotatable bonds is 7. The van der Waals surface area contributed by atoms with E-state index < -0.39 is 16.9 Å². The van der Waals surface area contributed by atoms with Gasteiger partial charge in [-0.1, -0.05) is 73.9 Å². The first kappa shape index (κ1) is 31.2. The van der Waals surface area contributed by atoms with Gasteiger partial charge in [0.1, 0.15) is 0 Å². The minimum Gasteiger partial charge on any atom is -0.352 e. The van der Waals surface area contributed by atoms with E-state index in [2.05, 4.69) is 85.7 Å². The molecule has 3 heterocycles. The van der Waals surface area contributed by atoms with Crippen molar-refractivity contribution in [1.29, 1.82) is 5.26 Å². The van der Waals surface area contributed by atoms with E-state index in [0.717, 1.165) is 38.6 Å². The first-order valence-corrected chi connectivity index (χ1v) is 16.8. The zero-order chi connectivity index (χ0) is 31.9. The Morgan fingerprint density at radius 1 is 1.07 bits per heavy atom. The van der Waals surface area contributed by atoms with Gasteiger partial charge >= 0.3 is 0 Å². The molecule has 45 heavy (non-hydrogen) atoms. The van der Waals surface area contributed by atoms with E-state index >= 15 is 0 Å². The SMILES string of the molecule is CCCCC1CC(C#N)CCN1C1(C2(C3CCC(=O)NC3=O)C=CC=C3C(=O)NCC32)C=CC(c2c(C)cc(C)cc2C)=CC1. The van der Waals surface area contributed by atoms with Gasteiger partial charge in [0.05, 0.1) is 17.5 Å². The number of nitriles is 1. The number of carbonyl (C=O) groups excluding carboxylic acids is 3. The van der Waals surface area contributed by atoms with Crippen LogP contribution in [0.1, 0.15) is 80.5 Å². The highest BCUT2D eigenvalue weighted by molar-refractivity contribution is 6.01. The number of hydrogen-bond acceptors (Lipinski definition) is 5. The summed E-state index contributed by atoms with van der Waals surface area (Å²) in [7, 11) is 0. The number of piperidine rings is 2. The average Bonchev–Trinajstić information content (AvgIpc) is 3.41. The van der Waals surface area contributed by atoms with Crippen molar-refractivity contribution >= 4 is 23.3 Å². The lowest BCUT2D eigenvalue weighted by Gasteiger charge is -2.63. The molecular formula is C38H46N4O3. The number of hydrogen-bond donors (Lipinski definition) is 2. The predicted octanol–water partition coefficient (Wildman–Crippen LogP) is 5.77. The Kier molecular flexibility index (Phi) is 8.47. The van der Waals surface area contributed by atoms with Gasteiger partial charge in [0.15, 0.2) is 0 Å². The van der Waals surface area contributed by atoms with Crippen molar-refractivity contribution in [2.75, 3.05) is 13.1 Å². The lowest BCUT2D eigenvalue weighted by Crippen LogP contribution is -2.70. The summed E-state index contributed by atoms with van der Waals surface area (Å²) in [5.74, 6) is -1.31. The molecule has 6 atom stereocenters. The molecule has 3 saturated heterocycles.